The lowest BCUT2D eigenvalue weighted by atomic mass is 9.80. The number of carbonyl (C=O) groups is 2. The van der Waals surface area contributed by atoms with E-state index in [0.29, 0.717) is 38.3 Å². The van der Waals surface area contributed by atoms with Gasteiger partial charge >= 0.3 is 0 Å². The molecule has 1 atom stereocenters. The van der Waals surface area contributed by atoms with Crippen molar-refractivity contribution in [2.45, 2.75) is 71.6 Å². The zero-order valence-corrected chi connectivity index (χ0v) is 24.3. The fourth-order valence-electron chi connectivity index (χ4n) is 5.65. The standard InChI is InChI=1S/C30H44N4O3S/c1-5-32(6-2)17-18-37-25-11-9-24(10-12-25)21-33-15-13-30(14-16-33)29(36)31-27(20-23(3)4)28(35)34(30)22-26-8-7-19-38-26/h7-12,19,23,27H,5-6,13-18,20-22H2,1-4H3,(H,31,36). The van der Waals surface area contributed by atoms with Crippen molar-refractivity contribution >= 4 is 23.2 Å². The second-order valence-corrected chi connectivity index (χ2v) is 12.0. The Hall–Kier alpha value is -2.42. The summed E-state index contributed by atoms with van der Waals surface area (Å²) < 4.78 is 5.93. The minimum Gasteiger partial charge on any atom is -0.492 e. The molecular weight excluding hydrogens is 496 g/mol. The molecule has 4 rings (SSSR count). The van der Waals surface area contributed by atoms with Gasteiger partial charge in [0.2, 0.25) is 11.8 Å². The molecule has 0 aliphatic carbocycles. The Morgan fingerprint density at radius 1 is 1.08 bits per heavy atom. The van der Waals surface area contributed by atoms with Crippen molar-refractivity contribution in [3.63, 3.8) is 0 Å². The van der Waals surface area contributed by atoms with Gasteiger partial charge in [0, 0.05) is 31.1 Å². The van der Waals surface area contributed by atoms with Crippen LogP contribution < -0.4 is 10.1 Å². The van der Waals surface area contributed by atoms with Crippen LogP contribution in [0.25, 0.3) is 0 Å². The SMILES string of the molecule is CCN(CC)CCOc1ccc(CN2CCC3(CC2)C(=O)NC(CC(C)C)C(=O)N3Cc2cccs2)cc1. The quantitative estimate of drug-likeness (QED) is 0.433. The first kappa shape index (κ1) is 28.6. The molecule has 208 valence electrons. The maximum absolute atomic E-state index is 13.6. The van der Waals surface area contributed by atoms with Gasteiger partial charge in [-0.05, 0) is 67.4 Å². The van der Waals surface area contributed by atoms with E-state index in [0.717, 1.165) is 49.9 Å². The van der Waals surface area contributed by atoms with Crippen LogP contribution in [0.2, 0.25) is 0 Å². The third kappa shape index (κ3) is 6.77. The summed E-state index contributed by atoms with van der Waals surface area (Å²) >= 11 is 1.65. The Kier molecular flexibility index (Phi) is 9.85. The van der Waals surface area contributed by atoms with Gasteiger partial charge in [-0.15, -0.1) is 11.3 Å². The minimum atomic E-state index is -0.770. The van der Waals surface area contributed by atoms with Gasteiger partial charge in [-0.3, -0.25) is 14.5 Å². The minimum absolute atomic E-state index is 0.0187. The Balaban J connectivity index is 1.37. The molecule has 0 saturated carbocycles. The Labute approximate surface area is 232 Å². The van der Waals surface area contributed by atoms with Gasteiger partial charge in [0.1, 0.15) is 23.9 Å². The van der Waals surface area contributed by atoms with Crippen molar-refractivity contribution in [1.29, 1.82) is 0 Å². The smallest absolute Gasteiger partial charge is 0.246 e. The van der Waals surface area contributed by atoms with Crippen molar-refractivity contribution in [3.05, 3.63) is 52.2 Å². The zero-order chi connectivity index (χ0) is 27.1. The van der Waals surface area contributed by atoms with Crippen LogP contribution in [0, 0.1) is 5.92 Å². The number of thiophene rings is 1. The summed E-state index contributed by atoms with van der Waals surface area (Å²) in [5, 5.41) is 5.14. The monoisotopic (exact) mass is 540 g/mol. The number of piperazine rings is 1. The number of nitrogens with zero attached hydrogens (tertiary/aromatic N) is 3. The van der Waals surface area contributed by atoms with Crippen LogP contribution in [-0.4, -0.2) is 77.4 Å². The highest BCUT2D eigenvalue weighted by Gasteiger charge is 2.53. The molecule has 0 radical (unpaired) electrons. The fourth-order valence-corrected chi connectivity index (χ4v) is 6.35. The summed E-state index contributed by atoms with van der Waals surface area (Å²) in [6.45, 7) is 15.1. The van der Waals surface area contributed by atoms with E-state index in [2.05, 4.69) is 61.0 Å². The number of hydrogen-bond acceptors (Lipinski definition) is 6. The van der Waals surface area contributed by atoms with Crippen molar-refractivity contribution in [2.75, 3.05) is 39.3 Å². The molecule has 2 aliphatic heterocycles. The molecule has 1 N–H and O–H groups in total. The Morgan fingerprint density at radius 2 is 1.79 bits per heavy atom. The van der Waals surface area contributed by atoms with E-state index in [9.17, 15) is 9.59 Å². The van der Waals surface area contributed by atoms with Crippen LogP contribution >= 0.6 is 11.3 Å². The number of carbonyl (C=O) groups excluding carboxylic acids is 2. The topological polar surface area (TPSA) is 65.1 Å². The summed E-state index contributed by atoms with van der Waals surface area (Å²) in [5.74, 6) is 1.32. The summed E-state index contributed by atoms with van der Waals surface area (Å²) in [6, 6.07) is 12.0. The van der Waals surface area contributed by atoms with Crippen molar-refractivity contribution in [3.8, 4) is 5.75 Å². The number of nitrogens with one attached hydrogen (secondary N) is 1. The maximum Gasteiger partial charge on any atom is 0.246 e. The molecular formula is C30H44N4O3S. The molecule has 2 aliphatic rings. The van der Waals surface area contributed by atoms with Crippen LogP contribution in [0.1, 0.15) is 57.4 Å². The highest BCUT2D eigenvalue weighted by atomic mass is 32.1. The summed E-state index contributed by atoms with van der Waals surface area (Å²) in [5.41, 5.74) is 0.460. The van der Waals surface area contributed by atoms with Gasteiger partial charge in [-0.2, -0.15) is 0 Å². The molecule has 2 amide bonds. The van der Waals surface area contributed by atoms with Crippen molar-refractivity contribution in [2.24, 2.45) is 5.92 Å². The number of ether oxygens (including phenoxy) is 1. The summed E-state index contributed by atoms with van der Waals surface area (Å²) in [4.78, 5) is 35.0. The second kappa shape index (κ2) is 13.1. The number of hydrogen-bond donors (Lipinski definition) is 1. The molecule has 38 heavy (non-hydrogen) atoms. The van der Waals surface area contributed by atoms with E-state index in [1.165, 1.54) is 5.56 Å². The fraction of sp³-hybridized carbons (Fsp3) is 0.600. The van der Waals surface area contributed by atoms with Crippen LogP contribution in [0.3, 0.4) is 0 Å². The molecule has 1 unspecified atom stereocenters. The third-order valence-electron chi connectivity index (χ3n) is 7.99. The van der Waals surface area contributed by atoms with Crippen molar-refractivity contribution < 1.29 is 14.3 Å². The predicted molar refractivity (Wildman–Crippen MR) is 153 cm³/mol. The largest absolute Gasteiger partial charge is 0.492 e. The zero-order valence-electron chi connectivity index (χ0n) is 23.4. The molecule has 1 spiro atoms. The number of piperidine rings is 1. The second-order valence-electron chi connectivity index (χ2n) is 11.0. The van der Waals surface area contributed by atoms with Gasteiger partial charge in [-0.25, -0.2) is 0 Å². The highest BCUT2D eigenvalue weighted by Crippen LogP contribution is 2.36. The van der Waals surface area contributed by atoms with Crippen molar-refractivity contribution in [1.82, 2.24) is 20.0 Å². The van der Waals surface area contributed by atoms with E-state index in [1.807, 2.05) is 28.5 Å². The molecule has 2 saturated heterocycles. The first-order valence-electron chi connectivity index (χ1n) is 14.2. The maximum atomic E-state index is 13.6. The number of likely N-dealkylation sites (N-methyl/N-ethyl adjacent to an activating group) is 1. The number of benzene rings is 1. The molecule has 3 heterocycles. The van der Waals surface area contributed by atoms with Crippen LogP contribution in [0.5, 0.6) is 5.75 Å². The van der Waals surface area contributed by atoms with Gasteiger partial charge in [0.15, 0.2) is 0 Å². The normalized spacial score (nSPS) is 19.9. The summed E-state index contributed by atoms with van der Waals surface area (Å²) in [6.07, 6.45) is 1.97. The van der Waals surface area contributed by atoms with Crippen LogP contribution in [0.4, 0.5) is 0 Å². The molecule has 8 heteroatoms. The average Bonchev–Trinajstić information content (AvgIpc) is 3.43. The molecule has 1 aromatic carbocycles. The van der Waals surface area contributed by atoms with E-state index in [-0.39, 0.29) is 11.8 Å². The molecule has 2 fully saturated rings. The lowest BCUT2D eigenvalue weighted by molar-refractivity contribution is -0.162. The van der Waals surface area contributed by atoms with Crippen LogP contribution in [-0.2, 0) is 22.7 Å². The van der Waals surface area contributed by atoms with E-state index < -0.39 is 11.6 Å². The molecule has 0 bridgehead atoms. The highest BCUT2D eigenvalue weighted by molar-refractivity contribution is 7.09. The van der Waals surface area contributed by atoms with E-state index in [4.69, 9.17) is 4.74 Å². The Morgan fingerprint density at radius 3 is 2.39 bits per heavy atom. The lowest BCUT2D eigenvalue weighted by Gasteiger charge is -2.51. The summed E-state index contributed by atoms with van der Waals surface area (Å²) in [7, 11) is 0. The molecule has 7 nitrogen and oxygen atoms in total. The Bertz CT molecular complexity index is 1030. The van der Waals surface area contributed by atoms with Gasteiger partial charge in [0.05, 0.1) is 6.54 Å². The number of rotatable bonds is 12. The number of amides is 2. The molecule has 2 aromatic rings. The first-order chi connectivity index (χ1) is 18.3. The predicted octanol–water partition coefficient (Wildman–Crippen LogP) is 4.38. The first-order valence-corrected chi connectivity index (χ1v) is 15.0. The molecule has 1 aromatic heterocycles. The van der Waals surface area contributed by atoms with E-state index >= 15 is 0 Å². The average molecular weight is 541 g/mol. The van der Waals surface area contributed by atoms with Gasteiger partial charge in [0.25, 0.3) is 0 Å². The third-order valence-corrected chi connectivity index (χ3v) is 8.85. The lowest BCUT2D eigenvalue weighted by Crippen LogP contribution is -2.72. The number of likely N-dealkylation sites (tertiary alicyclic amines) is 1. The van der Waals surface area contributed by atoms with Crippen LogP contribution in [0.15, 0.2) is 41.8 Å². The van der Waals surface area contributed by atoms with Gasteiger partial charge < -0.3 is 19.9 Å². The van der Waals surface area contributed by atoms with E-state index in [1.54, 1.807) is 11.3 Å². The van der Waals surface area contributed by atoms with Gasteiger partial charge in [-0.1, -0.05) is 45.9 Å².